The van der Waals surface area contributed by atoms with Crippen molar-refractivity contribution in [2.24, 2.45) is 0 Å². The van der Waals surface area contributed by atoms with Crippen molar-refractivity contribution in [1.82, 2.24) is 0 Å². The van der Waals surface area contributed by atoms with Crippen LogP contribution in [0.4, 0.5) is 5.69 Å². The summed E-state index contributed by atoms with van der Waals surface area (Å²) >= 11 is 1.65. The lowest BCUT2D eigenvalue weighted by Gasteiger charge is -2.02. The summed E-state index contributed by atoms with van der Waals surface area (Å²) in [5, 5.41) is 4.81. The third-order valence-corrected chi connectivity index (χ3v) is 3.26. The standard InChI is InChI=1S/C16H15NOS/c1-13(18)17-15-7-9-16(10-8-15)19-12-11-14-5-3-2-4-6-14/h2-12H,1H3,(H,17,18)/b12-11-. The maximum Gasteiger partial charge on any atom is 0.221 e. The van der Waals surface area contributed by atoms with Gasteiger partial charge in [-0.15, -0.1) is 0 Å². The molecule has 2 rings (SSSR count). The Balaban J connectivity index is 1.93. The summed E-state index contributed by atoms with van der Waals surface area (Å²) in [6.45, 7) is 1.51. The molecule has 1 amide bonds. The SMILES string of the molecule is CC(=O)Nc1ccc(S/C=C\c2ccccc2)cc1. The summed E-state index contributed by atoms with van der Waals surface area (Å²) in [5.41, 5.74) is 2.01. The van der Waals surface area contributed by atoms with Crippen molar-refractivity contribution in [3.8, 4) is 0 Å². The third kappa shape index (κ3) is 4.64. The molecule has 0 saturated carbocycles. The number of amides is 1. The van der Waals surface area contributed by atoms with Gasteiger partial charge in [-0.3, -0.25) is 4.79 Å². The first-order valence-corrected chi connectivity index (χ1v) is 6.88. The van der Waals surface area contributed by atoms with Gasteiger partial charge in [0.15, 0.2) is 0 Å². The lowest BCUT2D eigenvalue weighted by Crippen LogP contribution is -2.05. The number of anilines is 1. The Hall–Kier alpha value is -2.00. The number of carbonyl (C=O) groups is 1. The molecule has 1 N–H and O–H groups in total. The molecule has 2 aromatic rings. The number of hydrogen-bond acceptors (Lipinski definition) is 2. The second-order valence-corrected chi connectivity index (χ2v) is 5.02. The number of nitrogens with one attached hydrogen (secondary N) is 1. The number of carbonyl (C=O) groups excluding carboxylic acids is 1. The molecule has 0 aliphatic heterocycles. The molecule has 0 heterocycles. The van der Waals surface area contributed by atoms with E-state index in [4.69, 9.17) is 0 Å². The van der Waals surface area contributed by atoms with Crippen LogP contribution in [0, 0.1) is 0 Å². The van der Waals surface area contributed by atoms with Crippen LogP contribution in [0.2, 0.25) is 0 Å². The van der Waals surface area contributed by atoms with Gasteiger partial charge in [0.05, 0.1) is 0 Å². The zero-order valence-corrected chi connectivity index (χ0v) is 11.5. The minimum Gasteiger partial charge on any atom is -0.326 e. The molecule has 0 fully saturated rings. The van der Waals surface area contributed by atoms with Crippen molar-refractivity contribution in [3.05, 3.63) is 65.6 Å². The average molecular weight is 269 g/mol. The molecular formula is C16H15NOS. The predicted octanol–water partition coefficient (Wildman–Crippen LogP) is 4.41. The summed E-state index contributed by atoms with van der Waals surface area (Å²) in [6.07, 6.45) is 2.08. The highest BCUT2D eigenvalue weighted by molar-refractivity contribution is 8.02. The van der Waals surface area contributed by atoms with Crippen LogP contribution in [0.15, 0.2) is 64.9 Å². The second kappa shape index (κ2) is 6.81. The largest absolute Gasteiger partial charge is 0.326 e. The fraction of sp³-hybridized carbons (Fsp3) is 0.0625. The Morgan fingerprint density at radius 1 is 1.05 bits per heavy atom. The van der Waals surface area contributed by atoms with E-state index in [2.05, 4.69) is 28.9 Å². The molecule has 2 aromatic carbocycles. The minimum absolute atomic E-state index is 0.0515. The van der Waals surface area contributed by atoms with Gasteiger partial charge < -0.3 is 5.32 Å². The van der Waals surface area contributed by atoms with Crippen molar-refractivity contribution >= 4 is 29.4 Å². The number of rotatable bonds is 4. The maximum absolute atomic E-state index is 10.9. The molecule has 2 nitrogen and oxygen atoms in total. The van der Waals surface area contributed by atoms with Gasteiger partial charge in [0.1, 0.15) is 0 Å². The zero-order chi connectivity index (χ0) is 13.5. The highest BCUT2D eigenvalue weighted by atomic mass is 32.2. The molecule has 0 bridgehead atoms. The number of thioether (sulfide) groups is 1. The van der Waals surface area contributed by atoms with Gasteiger partial charge in [-0.2, -0.15) is 0 Å². The molecule has 0 atom stereocenters. The van der Waals surface area contributed by atoms with Crippen LogP contribution in [-0.2, 0) is 4.79 Å². The second-order valence-electron chi connectivity index (χ2n) is 4.04. The highest BCUT2D eigenvalue weighted by Gasteiger charge is 1.95. The van der Waals surface area contributed by atoms with Crippen molar-refractivity contribution in [3.63, 3.8) is 0 Å². The third-order valence-electron chi connectivity index (χ3n) is 2.44. The van der Waals surface area contributed by atoms with Crippen molar-refractivity contribution in [2.45, 2.75) is 11.8 Å². The van der Waals surface area contributed by atoms with Gasteiger partial charge in [-0.05, 0) is 41.3 Å². The normalized spacial score (nSPS) is 10.6. The summed E-state index contributed by atoms with van der Waals surface area (Å²) in [7, 11) is 0. The molecule has 0 saturated heterocycles. The first-order chi connectivity index (χ1) is 9.24. The van der Waals surface area contributed by atoms with Crippen LogP contribution in [0.3, 0.4) is 0 Å². The maximum atomic E-state index is 10.9. The molecule has 0 spiro atoms. The molecule has 0 aliphatic carbocycles. The smallest absolute Gasteiger partial charge is 0.221 e. The monoisotopic (exact) mass is 269 g/mol. The van der Waals surface area contributed by atoms with Crippen LogP contribution in [-0.4, -0.2) is 5.91 Å². The van der Waals surface area contributed by atoms with E-state index in [-0.39, 0.29) is 5.91 Å². The van der Waals surface area contributed by atoms with Gasteiger partial charge in [0.2, 0.25) is 5.91 Å². The van der Waals surface area contributed by atoms with Crippen LogP contribution in [0.5, 0.6) is 0 Å². The molecule has 96 valence electrons. The van der Waals surface area contributed by atoms with Crippen molar-refractivity contribution in [2.75, 3.05) is 5.32 Å². The van der Waals surface area contributed by atoms with E-state index in [0.717, 1.165) is 10.6 Å². The molecule has 0 aromatic heterocycles. The molecule has 0 radical (unpaired) electrons. The summed E-state index contributed by atoms with van der Waals surface area (Å²) in [5.74, 6) is -0.0515. The van der Waals surface area contributed by atoms with Gasteiger partial charge >= 0.3 is 0 Å². The zero-order valence-electron chi connectivity index (χ0n) is 10.7. The Morgan fingerprint density at radius 3 is 2.37 bits per heavy atom. The van der Waals surface area contributed by atoms with E-state index in [9.17, 15) is 4.79 Å². The fourth-order valence-corrected chi connectivity index (χ4v) is 2.25. The van der Waals surface area contributed by atoms with Gasteiger partial charge in [0.25, 0.3) is 0 Å². The van der Waals surface area contributed by atoms with E-state index in [0.29, 0.717) is 0 Å². The van der Waals surface area contributed by atoms with Crippen LogP contribution in [0.25, 0.3) is 6.08 Å². The van der Waals surface area contributed by atoms with E-state index in [1.165, 1.54) is 12.5 Å². The van der Waals surface area contributed by atoms with Gasteiger partial charge in [-0.25, -0.2) is 0 Å². The molecule has 3 heteroatoms. The lowest BCUT2D eigenvalue weighted by molar-refractivity contribution is -0.114. The summed E-state index contributed by atoms with van der Waals surface area (Å²) < 4.78 is 0. The van der Waals surface area contributed by atoms with Crippen LogP contribution < -0.4 is 5.32 Å². The fourth-order valence-electron chi connectivity index (χ4n) is 1.58. The Labute approximate surface area is 117 Å². The summed E-state index contributed by atoms with van der Waals surface area (Å²) in [6, 6.07) is 18.0. The first-order valence-electron chi connectivity index (χ1n) is 6.00. The van der Waals surface area contributed by atoms with E-state index >= 15 is 0 Å². The first kappa shape index (κ1) is 13.4. The van der Waals surface area contributed by atoms with Crippen molar-refractivity contribution < 1.29 is 4.79 Å². The molecule has 19 heavy (non-hydrogen) atoms. The summed E-state index contributed by atoms with van der Waals surface area (Å²) in [4.78, 5) is 12.0. The van der Waals surface area contributed by atoms with Crippen LogP contribution in [0.1, 0.15) is 12.5 Å². The lowest BCUT2D eigenvalue weighted by atomic mass is 10.2. The molecule has 0 unspecified atom stereocenters. The molecular weight excluding hydrogens is 254 g/mol. The Bertz CT molecular complexity index is 561. The topological polar surface area (TPSA) is 29.1 Å². The van der Waals surface area contributed by atoms with E-state index in [1.54, 1.807) is 11.8 Å². The predicted molar refractivity (Wildman–Crippen MR) is 82.1 cm³/mol. The average Bonchev–Trinajstić information content (AvgIpc) is 2.41. The van der Waals surface area contributed by atoms with E-state index in [1.807, 2.05) is 42.5 Å². The van der Waals surface area contributed by atoms with Gasteiger partial charge in [-0.1, -0.05) is 42.1 Å². The quantitative estimate of drug-likeness (QED) is 0.833. The van der Waals surface area contributed by atoms with Crippen LogP contribution >= 0.6 is 11.8 Å². The number of hydrogen-bond donors (Lipinski definition) is 1. The minimum atomic E-state index is -0.0515. The van der Waals surface area contributed by atoms with Crippen molar-refractivity contribution in [1.29, 1.82) is 0 Å². The Morgan fingerprint density at radius 2 is 1.74 bits per heavy atom. The highest BCUT2D eigenvalue weighted by Crippen LogP contribution is 2.22. The molecule has 0 aliphatic rings. The van der Waals surface area contributed by atoms with E-state index < -0.39 is 0 Å². The number of benzene rings is 2. The Kier molecular flexibility index (Phi) is 4.81. The van der Waals surface area contributed by atoms with Gasteiger partial charge in [0, 0.05) is 17.5 Å².